The summed E-state index contributed by atoms with van der Waals surface area (Å²) < 4.78 is 75.3. The van der Waals surface area contributed by atoms with Crippen molar-refractivity contribution in [2.75, 3.05) is 6.61 Å². The Balaban J connectivity index is 1.68. The Morgan fingerprint density at radius 1 is 0.724 bits per heavy atom. The molecule has 0 aliphatic carbocycles. The number of benzene rings is 2. The fourth-order valence-electron chi connectivity index (χ4n) is 2.39. The summed E-state index contributed by atoms with van der Waals surface area (Å²) in [6, 6.07) is 8.44. The third-order valence-corrected chi connectivity index (χ3v) is 3.90. The van der Waals surface area contributed by atoms with E-state index in [0.29, 0.717) is 24.8 Å². The van der Waals surface area contributed by atoms with E-state index in [1.807, 2.05) is 0 Å². The number of rotatable bonds is 9. The van der Waals surface area contributed by atoms with Gasteiger partial charge in [-0.1, -0.05) is 31.0 Å². The fourth-order valence-corrected chi connectivity index (χ4v) is 2.39. The van der Waals surface area contributed by atoms with E-state index in [4.69, 9.17) is 4.74 Å². The van der Waals surface area contributed by atoms with E-state index in [2.05, 4.69) is 4.74 Å². The predicted molar refractivity (Wildman–Crippen MR) is 91.7 cm³/mol. The summed E-state index contributed by atoms with van der Waals surface area (Å²) in [5.41, 5.74) is 0.434. The van der Waals surface area contributed by atoms with Gasteiger partial charge in [0.1, 0.15) is 0 Å². The molecule has 29 heavy (non-hydrogen) atoms. The van der Waals surface area contributed by atoms with Gasteiger partial charge in [-0.2, -0.15) is 8.78 Å². The van der Waals surface area contributed by atoms with Crippen LogP contribution < -0.4 is 4.74 Å². The van der Waals surface area contributed by atoms with Gasteiger partial charge in [0.2, 0.25) is 34.8 Å². The van der Waals surface area contributed by atoms with Crippen molar-refractivity contribution in [2.24, 2.45) is 0 Å². The lowest BCUT2D eigenvalue weighted by Gasteiger charge is -2.09. The molecule has 0 unspecified atom stereocenters. The molecule has 156 valence electrons. The SMILES string of the molecule is O=C(CCCCCCOC(=O)c1ccccc1)Oc1c(F)c(F)c(F)c(F)c1F. The monoisotopic (exact) mass is 416 g/mol. The van der Waals surface area contributed by atoms with Crippen LogP contribution in [0.1, 0.15) is 42.5 Å². The lowest BCUT2D eigenvalue weighted by molar-refractivity contribution is -0.135. The van der Waals surface area contributed by atoms with Crippen LogP contribution in [-0.4, -0.2) is 18.5 Å². The summed E-state index contributed by atoms with van der Waals surface area (Å²) in [6.45, 7) is 0.183. The van der Waals surface area contributed by atoms with Gasteiger partial charge in [-0.3, -0.25) is 4.79 Å². The van der Waals surface area contributed by atoms with Gasteiger partial charge in [-0.05, 0) is 25.0 Å². The summed E-state index contributed by atoms with van der Waals surface area (Å²) in [6.07, 6.45) is 1.63. The van der Waals surface area contributed by atoms with Crippen LogP contribution in [0.5, 0.6) is 5.75 Å². The van der Waals surface area contributed by atoms with Crippen LogP contribution in [0, 0.1) is 29.1 Å². The zero-order chi connectivity index (χ0) is 21.4. The molecule has 0 aromatic heterocycles. The quantitative estimate of drug-likeness (QED) is 0.143. The highest BCUT2D eigenvalue weighted by Gasteiger charge is 2.28. The molecule has 4 nitrogen and oxygen atoms in total. The first-order chi connectivity index (χ1) is 13.8. The maximum absolute atomic E-state index is 13.4. The van der Waals surface area contributed by atoms with Crippen molar-refractivity contribution < 1.29 is 41.0 Å². The molecule has 0 spiro atoms. The van der Waals surface area contributed by atoms with Crippen LogP contribution in [0.3, 0.4) is 0 Å². The van der Waals surface area contributed by atoms with Crippen molar-refractivity contribution >= 4 is 11.9 Å². The number of esters is 2. The number of carbonyl (C=O) groups excluding carboxylic acids is 2. The molecule has 9 heteroatoms. The molecule has 0 N–H and O–H groups in total. The smallest absolute Gasteiger partial charge is 0.338 e. The lowest BCUT2D eigenvalue weighted by Crippen LogP contribution is -2.13. The molecule has 0 aliphatic rings. The van der Waals surface area contributed by atoms with Crippen LogP contribution in [-0.2, 0) is 9.53 Å². The molecule has 0 bridgehead atoms. The average molecular weight is 416 g/mol. The van der Waals surface area contributed by atoms with Crippen LogP contribution in [0.15, 0.2) is 30.3 Å². The Bertz CT molecular complexity index is 842. The van der Waals surface area contributed by atoms with Gasteiger partial charge in [0.25, 0.3) is 0 Å². The van der Waals surface area contributed by atoms with Gasteiger partial charge >= 0.3 is 11.9 Å². The highest BCUT2D eigenvalue weighted by Crippen LogP contribution is 2.29. The maximum atomic E-state index is 13.4. The number of halogens is 5. The second kappa shape index (κ2) is 10.5. The number of hydrogen-bond donors (Lipinski definition) is 0. The largest absolute Gasteiger partial charge is 0.462 e. The second-order valence-electron chi connectivity index (χ2n) is 6.04. The summed E-state index contributed by atoms with van der Waals surface area (Å²) in [5, 5.41) is 0. The average Bonchev–Trinajstić information content (AvgIpc) is 2.73. The molecule has 2 aromatic rings. The van der Waals surface area contributed by atoms with Gasteiger partial charge < -0.3 is 9.47 Å². The Morgan fingerprint density at radius 3 is 1.90 bits per heavy atom. The summed E-state index contributed by atoms with van der Waals surface area (Å²) in [4.78, 5) is 23.3. The molecular formula is C20H17F5O4. The van der Waals surface area contributed by atoms with E-state index >= 15 is 0 Å². The van der Waals surface area contributed by atoms with Crippen LogP contribution >= 0.6 is 0 Å². The molecule has 0 atom stereocenters. The van der Waals surface area contributed by atoms with E-state index in [1.54, 1.807) is 30.3 Å². The van der Waals surface area contributed by atoms with Gasteiger partial charge in [0.05, 0.1) is 12.2 Å². The number of hydrogen-bond acceptors (Lipinski definition) is 4. The Labute approximate surface area is 163 Å². The summed E-state index contributed by atoms with van der Waals surface area (Å²) in [7, 11) is 0. The van der Waals surface area contributed by atoms with Crippen molar-refractivity contribution in [3.05, 3.63) is 65.0 Å². The Morgan fingerprint density at radius 2 is 1.28 bits per heavy atom. The molecule has 0 radical (unpaired) electrons. The topological polar surface area (TPSA) is 52.6 Å². The summed E-state index contributed by atoms with van der Waals surface area (Å²) in [5.74, 6) is -14.3. The number of carbonyl (C=O) groups is 2. The molecule has 0 saturated heterocycles. The zero-order valence-electron chi connectivity index (χ0n) is 15.2. The minimum Gasteiger partial charge on any atom is -0.462 e. The molecule has 0 heterocycles. The van der Waals surface area contributed by atoms with Crippen LogP contribution in [0.4, 0.5) is 22.0 Å². The van der Waals surface area contributed by atoms with E-state index in [0.717, 1.165) is 0 Å². The normalized spacial score (nSPS) is 10.7. The molecular weight excluding hydrogens is 399 g/mol. The first-order valence-corrected chi connectivity index (χ1v) is 8.77. The maximum Gasteiger partial charge on any atom is 0.338 e. The lowest BCUT2D eigenvalue weighted by atomic mass is 10.1. The molecule has 0 saturated carbocycles. The Kier molecular flexibility index (Phi) is 8.11. The van der Waals surface area contributed by atoms with E-state index in [1.165, 1.54) is 0 Å². The second-order valence-corrected chi connectivity index (χ2v) is 6.04. The van der Waals surface area contributed by atoms with Crippen LogP contribution in [0.25, 0.3) is 0 Å². The van der Waals surface area contributed by atoms with Crippen molar-refractivity contribution in [3.63, 3.8) is 0 Å². The molecule has 2 aromatic carbocycles. The van der Waals surface area contributed by atoms with Crippen molar-refractivity contribution in [2.45, 2.75) is 32.1 Å². The van der Waals surface area contributed by atoms with E-state index in [9.17, 15) is 31.5 Å². The van der Waals surface area contributed by atoms with Gasteiger partial charge in [-0.15, -0.1) is 0 Å². The third-order valence-electron chi connectivity index (χ3n) is 3.90. The first-order valence-electron chi connectivity index (χ1n) is 8.77. The highest BCUT2D eigenvalue weighted by molar-refractivity contribution is 5.89. The van der Waals surface area contributed by atoms with E-state index < -0.39 is 46.8 Å². The highest BCUT2D eigenvalue weighted by atomic mass is 19.2. The standard InChI is InChI=1S/C20H17F5O4/c21-14-15(22)17(24)19(18(25)16(14)23)29-13(26)10-6-1-2-7-11-28-20(27)12-8-4-3-5-9-12/h3-5,8-9H,1-2,6-7,10-11H2. The fraction of sp³-hybridized carbons (Fsp3) is 0.300. The predicted octanol–water partition coefficient (Wildman–Crippen LogP) is 5.10. The summed E-state index contributed by atoms with van der Waals surface area (Å²) >= 11 is 0. The molecule has 0 amide bonds. The number of unbranched alkanes of at least 4 members (excludes halogenated alkanes) is 3. The Hall–Kier alpha value is -2.97. The molecule has 0 fully saturated rings. The van der Waals surface area contributed by atoms with Crippen molar-refractivity contribution in [1.82, 2.24) is 0 Å². The zero-order valence-corrected chi connectivity index (χ0v) is 15.2. The third kappa shape index (κ3) is 6.00. The molecule has 2 rings (SSSR count). The van der Waals surface area contributed by atoms with Gasteiger partial charge in [0, 0.05) is 6.42 Å². The first kappa shape index (κ1) is 22.3. The van der Waals surface area contributed by atoms with E-state index in [-0.39, 0.29) is 19.4 Å². The van der Waals surface area contributed by atoms with Crippen molar-refractivity contribution in [3.8, 4) is 5.75 Å². The van der Waals surface area contributed by atoms with Crippen LogP contribution in [0.2, 0.25) is 0 Å². The van der Waals surface area contributed by atoms with Crippen molar-refractivity contribution in [1.29, 1.82) is 0 Å². The van der Waals surface area contributed by atoms with Gasteiger partial charge in [0.15, 0.2) is 0 Å². The van der Waals surface area contributed by atoms with Gasteiger partial charge in [-0.25, -0.2) is 18.0 Å². The number of ether oxygens (including phenoxy) is 2. The minimum atomic E-state index is -2.33. The molecule has 0 aliphatic heterocycles. The minimum absolute atomic E-state index is 0.183.